The van der Waals surface area contributed by atoms with Gasteiger partial charge < -0.3 is 5.32 Å². The van der Waals surface area contributed by atoms with Crippen LogP contribution in [0.15, 0.2) is 0 Å². The number of hydrogen-bond donors (Lipinski definition) is 1. The second-order valence-electron chi connectivity index (χ2n) is 5.93. The molecule has 0 saturated heterocycles. The minimum atomic E-state index is -3.37. The molecule has 6 heteroatoms. The highest BCUT2D eigenvalue weighted by molar-refractivity contribution is 7.86. The van der Waals surface area contributed by atoms with Crippen molar-refractivity contribution >= 4 is 10.2 Å². The second-order valence-corrected chi connectivity index (χ2v) is 7.99. The van der Waals surface area contributed by atoms with Crippen LogP contribution in [-0.2, 0) is 10.2 Å². The molecule has 0 aliphatic carbocycles. The Bertz CT molecular complexity index is 353. The van der Waals surface area contributed by atoms with Crippen LogP contribution in [0, 0.1) is 0 Å². The lowest BCUT2D eigenvalue weighted by Gasteiger charge is -2.36. The Morgan fingerprint density at radius 3 is 2.16 bits per heavy atom. The Hall–Kier alpha value is -0.170. The van der Waals surface area contributed by atoms with Gasteiger partial charge in [-0.2, -0.15) is 17.0 Å². The van der Waals surface area contributed by atoms with Crippen LogP contribution < -0.4 is 5.32 Å². The summed E-state index contributed by atoms with van der Waals surface area (Å²) in [6.45, 7) is 11.4. The lowest BCUT2D eigenvalue weighted by Crippen LogP contribution is -2.50. The summed E-state index contributed by atoms with van der Waals surface area (Å²) < 4.78 is 27.7. The Morgan fingerprint density at radius 2 is 1.74 bits per heavy atom. The SMILES string of the molecule is CCC(C)(C)N(C)S(=O)(=O)N(C)CCCNC(C)C. The minimum absolute atomic E-state index is 0.358. The van der Waals surface area contributed by atoms with E-state index in [1.807, 2.05) is 20.8 Å². The van der Waals surface area contributed by atoms with Crippen LogP contribution in [0.5, 0.6) is 0 Å². The highest BCUT2D eigenvalue weighted by Crippen LogP contribution is 2.21. The molecule has 0 rings (SSSR count). The summed E-state index contributed by atoms with van der Waals surface area (Å²) in [6, 6.07) is 0.434. The van der Waals surface area contributed by atoms with Crippen molar-refractivity contribution in [2.45, 2.75) is 59.0 Å². The zero-order valence-electron chi connectivity index (χ0n) is 13.5. The standard InChI is InChI=1S/C13H31N3O2S/c1-8-13(4,5)16(7)19(17,18)15(6)11-9-10-14-12(2)3/h12,14H,8-11H2,1-7H3. The minimum Gasteiger partial charge on any atom is -0.314 e. The van der Waals surface area contributed by atoms with Gasteiger partial charge >= 0.3 is 0 Å². The average molecular weight is 293 g/mol. The van der Waals surface area contributed by atoms with Gasteiger partial charge in [-0.3, -0.25) is 0 Å². The summed E-state index contributed by atoms with van der Waals surface area (Å²) in [5, 5.41) is 3.29. The lowest BCUT2D eigenvalue weighted by atomic mass is 10.0. The fourth-order valence-electron chi connectivity index (χ4n) is 1.55. The van der Waals surface area contributed by atoms with Crippen LogP contribution in [0.4, 0.5) is 0 Å². The van der Waals surface area contributed by atoms with E-state index in [2.05, 4.69) is 19.2 Å². The van der Waals surface area contributed by atoms with Crippen molar-refractivity contribution in [2.24, 2.45) is 0 Å². The van der Waals surface area contributed by atoms with E-state index in [1.54, 1.807) is 14.1 Å². The van der Waals surface area contributed by atoms with Crippen molar-refractivity contribution in [3.05, 3.63) is 0 Å². The first kappa shape index (κ1) is 18.8. The Labute approximate surface area is 119 Å². The molecule has 0 radical (unpaired) electrons. The van der Waals surface area contributed by atoms with Gasteiger partial charge in [0.2, 0.25) is 0 Å². The quantitative estimate of drug-likeness (QED) is 0.658. The van der Waals surface area contributed by atoms with Crippen LogP contribution in [-0.4, -0.2) is 55.8 Å². The Kier molecular flexibility index (Phi) is 7.50. The van der Waals surface area contributed by atoms with Gasteiger partial charge in [0.15, 0.2) is 0 Å². The topological polar surface area (TPSA) is 52.7 Å². The summed E-state index contributed by atoms with van der Waals surface area (Å²) in [5.41, 5.74) is -0.358. The fraction of sp³-hybridized carbons (Fsp3) is 1.00. The zero-order valence-corrected chi connectivity index (χ0v) is 14.3. The van der Waals surface area contributed by atoms with Gasteiger partial charge in [-0.05, 0) is 33.2 Å². The molecular weight excluding hydrogens is 262 g/mol. The van der Waals surface area contributed by atoms with Crippen LogP contribution >= 0.6 is 0 Å². The molecule has 0 atom stereocenters. The van der Waals surface area contributed by atoms with E-state index in [9.17, 15) is 8.42 Å². The number of rotatable bonds is 9. The van der Waals surface area contributed by atoms with Gasteiger partial charge in [0.25, 0.3) is 10.2 Å². The number of hydrogen-bond acceptors (Lipinski definition) is 3. The van der Waals surface area contributed by atoms with Crippen molar-refractivity contribution in [1.82, 2.24) is 13.9 Å². The van der Waals surface area contributed by atoms with Crippen LogP contribution in [0.2, 0.25) is 0 Å². The second kappa shape index (κ2) is 7.57. The zero-order chi connectivity index (χ0) is 15.3. The van der Waals surface area contributed by atoms with Crippen molar-refractivity contribution in [3.63, 3.8) is 0 Å². The highest BCUT2D eigenvalue weighted by Gasteiger charge is 2.33. The first-order chi connectivity index (χ1) is 8.55. The third-order valence-corrected chi connectivity index (χ3v) is 5.82. The first-order valence-corrected chi connectivity index (χ1v) is 8.39. The molecule has 0 unspecified atom stereocenters. The van der Waals surface area contributed by atoms with Crippen LogP contribution in [0.3, 0.4) is 0 Å². The molecule has 0 heterocycles. The molecule has 0 spiro atoms. The van der Waals surface area contributed by atoms with Crippen molar-refractivity contribution in [1.29, 1.82) is 0 Å². The molecule has 0 aromatic rings. The number of nitrogens with zero attached hydrogens (tertiary/aromatic N) is 2. The predicted molar refractivity (Wildman–Crippen MR) is 81.4 cm³/mol. The predicted octanol–water partition coefficient (Wildman–Crippen LogP) is 1.67. The van der Waals surface area contributed by atoms with E-state index in [0.29, 0.717) is 12.6 Å². The molecule has 5 nitrogen and oxygen atoms in total. The van der Waals surface area contributed by atoms with E-state index in [4.69, 9.17) is 0 Å². The largest absolute Gasteiger partial charge is 0.314 e. The van der Waals surface area contributed by atoms with E-state index < -0.39 is 10.2 Å². The molecule has 0 amide bonds. The summed E-state index contributed by atoms with van der Waals surface area (Å²) in [7, 11) is -0.0704. The highest BCUT2D eigenvalue weighted by atomic mass is 32.2. The Balaban J connectivity index is 4.48. The first-order valence-electron chi connectivity index (χ1n) is 6.99. The molecule has 1 N–H and O–H groups in total. The molecule has 0 aliphatic heterocycles. The maximum atomic E-state index is 12.4. The third-order valence-electron chi connectivity index (χ3n) is 3.66. The van der Waals surface area contributed by atoms with Gasteiger partial charge in [-0.1, -0.05) is 20.8 Å². The maximum absolute atomic E-state index is 12.4. The average Bonchev–Trinajstić information content (AvgIpc) is 2.32. The Morgan fingerprint density at radius 1 is 1.21 bits per heavy atom. The van der Waals surface area contributed by atoms with Gasteiger partial charge in [0.1, 0.15) is 0 Å². The maximum Gasteiger partial charge on any atom is 0.281 e. The van der Waals surface area contributed by atoms with Crippen LogP contribution in [0.1, 0.15) is 47.5 Å². The van der Waals surface area contributed by atoms with Crippen molar-refractivity contribution in [2.75, 3.05) is 27.2 Å². The fourth-order valence-corrected chi connectivity index (χ4v) is 3.08. The molecule has 0 fully saturated rings. The van der Waals surface area contributed by atoms with E-state index in [0.717, 1.165) is 19.4 Å². The van der Waals surface area contributed by atoms with E-state index in [1.165, 1.54) is 8.61 Å². The van der Waals surface area contributed by atoms with Gasteiger partial charge in [-0.15, -0.1) is 0 Å². The molecular formula is C13H31N3O2S. The van der Waals surface area contributed by atoms with E-state index >= 15 is 0 Å². The third kappa shape index (κ3) is 5.77. The van der Waals surface area contributed by atoms with Gasteiger partial charge in [0.05, 0.1) is 0 Å². The smallest absolute Gasteiger partial charge is 0.281 e. The van der Waals surface area contributed by atoms with Crippen molar-refractivity contribution in [3.8, 4) is 0 Å². The normalized spacial score (nSPS) is 13.8. The van der Waals surface area contributed by atoms with Crippen LogP contribution in [0.25, 0.3) is 0 Å². The molecule has 0 bridgehead atoms. The molecule has 0 aromatic carbocycles. The van der Waals surface area contributed by atoms with Gasteiger partial charge in [0, 0.05) is 32.2 Å². The molecule has 0 aliphatic rings. The molecule has 116 valence electrons. The summed E-state index contributed by atoms with van der Waals surface area (Å²) in [4.78, 5) is 0. The number of nitrogens with one attached hydrogen (secondary N) is 1. The summed E-state index contributed by atoms with van der Waals surface area (Å²) in [6.07, 6.45) is 1.60. The molecule has 0 aromatic heterocycles. The molecule has 0 saturated carbocycles. The molecule has 19 heavy (non-hydrogen) atoms. The van der Waals surface area contributed by atoms with Gasteiger partial charge in [-0.25, -0.2) is 0 Å². The summed E-state index contributed by atoms with van der Waals surface area (Å²) in [5.74, 6) is 0. The lowest BCUT2D eigenvalue weighted by molar-refractivity contribution is 0.239. The van der Waals surface area contributed by atoms with E-state index in [-0.39, 0.29) is 5.54 Å². The van der Waals surface area contributed by atoms with Crippen molar-refractivity contribution < 1.29 is 8.42 Å². The summed E-state index contributed by atoms with van der Waals surface area (Å²) >= 11 is 0. The monoisotopic (exact) mass is 293 g/mol.